The number of hydrogen-bond acceptors (Lipinski definition) is 4. The van der Waals surface area contributed by atoms with E-state index in [-0.39, 0.29) is 12.1 Å². The maximum Gasteiger partial charge on any atom is 0.411 e. The molecule has 0 spiro atoms. The molecule has 1 rings (SSSR count). The molecule has 5 nitrogen and oxygen atoms in total. The van der Waals surface area contributed by atoms with Crippen LogP contribution in [0.15, 0.2) is 0 Å². The number of hydrogen-bond donors (Lipinski definition) is 0. The van der Waals surface area contributed by atoms with E-state index in [1.54, 1.807) is 4.90 Å². The van der Waals surface area contributed by atoms with Crippen LogP contribution in [0.5, 0.6) is 0 Å². The predicted molar refractivity (Wildman–Crippen MR) is 76.7 cm³/mol. The number of carbonyl (C=O) groups is 2. The molecule has 2 atom stereocenters. The Kier molecular flexibility index (Phi) is 6.46. The second kappa shape index (κ2) is 7.62. The molecule has 20 heavy (non-hydrogen) atoms. The van der Waals surface area contributed by atoms with Crippen molar-refractivity contribution in [2.75, 3.05) is 13.2 Å². The summed E-state index contributed by atoms with van der Waals surface area (Å²) in [6, 6.07) is -0.443. The van der Waals surface area contributed by atoms with Crippen LogP contribution < -0.4 is 0 Å². The predicted octanol–water partition coefficient (Wildman–Crippen LogP) is 2.77. The van der Waals surface area contributed by atoms with E-state index < -0.39 is 11.7 Å². The standard InChI is InChI=1S/C15H27NO4/c1-5-6-9-19-11-13-8-7-12(10-17)16(13)14(18)20-15(2,3)4/h10,12-13H,5-9,11H2,1-4H3/t12-,13-/m0/s1. The summed E-state index contributed by atoms with van der Waals surface area (Å²) in [5.74, 6) is 0. The summed E-state index contributed by atoms with van der Waals surface area (Å²) in [5, 5.41) is 0. The smallest absolute Gasteiger partial charge is 0.411 e. The van der Waals surface area contributed by atoms with Crippen LogP contribution in [0.4, 0.5) is 4.79 Å². The van der Waals surface area contributed by atoms with Gasteiger partial charge >= 0.3 is 6.09 Å². The summed E-state index contributed by atoms with van der Waals surface area (Å²) >= 11 is 0. The first-order valence-corrected chi connectivity index (χ1v) is 7.43. The van der Waals surface area contributed by atoms with Crippen LogP contribution >= 0.6 is 0 Å². The molecule has 0 unspecified atom stereocenters. The average Bonchev–Trinajstić information content (AvgIpc) is 2.75. The van der Waals surface area contributed by atoms with Crippen molar-refractivity contribution in [3.63, 3.8) is 0 Å². The molecule has 0 saturated carbocycles. The molecule has 0 aromatic rings. The molecule has 1 saturated heterocycles. The first kappa shape index (κ1) is 17.0. The fourth-order valence-corrected chi connectivity index (χ4v) is 2.27. The Morgan fingerprint density at radius 3 is 2.60 bits per heavy atom. The molecule has 1 heterocycles. The highest BCUT2D eigenvalue weighted by Gasteiger charge is 2.39. The van der Waals surface area contributed by atoms with Gasteiger partial charge in [-0.1, -0.05) is 13.3 Å². The fraction of sp³-hybridized carbons (Fsp3) is 0.867. The molecule has 0 aliphatic carbocycles. The SMILES string of the molecule is CCCCOC[C@@H]1CC[C@@H](C=O)N1C(=O)OC(C)(C)C. The zero-order chi connectivity index (χ0) is 15.2. The van der Waals surface area contributed by atoms with Gasteiger partial charge in [-0.2, -0.15) is 0 Å². The van der Waals surface area contributed by atoms with Crippen molar-refractivity contribution in [3.8, 4) is 0 Å². The summed E-state index contributed by atoms with van der Waals surface area (Å²) in [6.07, 6.45) is 3.97. The molecule has 0 N–H and O–H groups in total. The van der Waals surface area contributed by atoms with Gasteiger partial charge in [-0.15, -0.1) is 0 Å². The van der Waals surface area contributed by atoms with Crippen molar-refractivity contribution in [2.24, 2.45) is 0 Å². The first-order chi connectivity index (χ1) is 9.39. The highest BCUT2D eigenvalue weighted by atomic mass is 16.6. The normalized spacial score (nSPS) is 22.9. The van der Waals surface area contributed by atoms with Gasteiger partial charge in [0.05, 0.1) is 18.7 Å². The topological polar surface area (TPSA) is 55.8 Å². The van der Waals surface area contributed by atoms with Gasteiger partial charge in [0.2, 0.25) is 0 Å². The maximum absolute atomic E-state index is 12.2. The Balaban J connectivity index is 2.59. The maximum atomic E-state index is 12.2. The van der Waals surface area contributed by atoms with Crippen LogP contribution in [-0.2, 0) is 14.3 Å². The highest BCUT2D eigenvalue weighted by molar-refractivity contribution is 5.75. The van der Waals surface area contributed by atoms with Crippen LogP contribution in [0.25, 0.3) is 0 Å². The quantitative estimate of drug-likeness (QED) is 0.556. The Morgan fingerprint density at radius 1 is 1.35 bits per heavy atom. The van der Waals surface area contributed by atoms with E-state index >= 15 is 0 Å². The third kappa shape index (κ3) is 5.12. The van der Waals surface area contributed by atoms with Crippen molar-refractivity contribution in [1.82, 2.24) is 4.90 Å². The number of nitrogens with zero attached hydrogens (tertiary/aromatic N) is 1. The Bertz CT molecular complexity index is 324. The molecule has 0 aromatic heterocycles. The van der Waals surface area contributed by atoms with Gasteiger partial charge in [0.15, 0.2) is 0 Å². The largest absolute Gasteiger partial charge is 0.444 e. The van der Waals surface area contributed by atoms with E-state index in [0.717, 1.165) is 25.5 Å². The number of aldehydes is 1. The number of amides is 1. The Morgan fingerprint density at radius 2 is 2.05 bits per heavy atom. The van der Waals surface area contributed by atoms with E-state index in [0.29, 0.717) is 19.6 Å². The van der Waals surface area contributed by atoms with Crippen LogP contribution in [0, 0.1) is 0 Å². The molecule has 5 heteroatoms. The lowest BCUT2D eigenvalue weighted by Crippen LogP contribution is -2.46. The van der Waals surface area contributed by atoms with Crippen LogP contribution in [0.2, 0.25) is 0 Å². The minimum Gasteiger partial charge on any atom is -0.444 e. The average molecular weight is 285 g/mol. The molecule has 1 aliphatic heterocycles. The second-order valence-electron chi connectivity index (χ2n) is 6.25. The monoisotopic (exact) mass is 285 g/mol. The van der Waals surface area contributed by atoms with Gasteiger partial charge in [-0.05, 0) is 40.0 Å². The van der Waals surface area contributed by atoms with Crippen LogP contribution in [0.1, 0.15) is 53.4 Å². The van der Waals surface area contributed by atoms with Crippen LogP contribution in [-0.4, -0.2) is 48.2 Å². The zero-order valence-corrected chi connectivity index (χ0v) is 13.1. The van der Waals surface area contributed by atoms with Crippen molar-refractivity contribution in [3.05, 3.63) is 0 Å². The Hall–Kier alpha value is -1.10. The zero-order valence-electron chi connectivity index (χ0n) is 13.1. The Labute approximate surface area is 121 Å². The number of unbranched alkanes of at least 4 members (excludes halogenated alkanes) is 1. The molecule has 116 valence electrons. The molecule has 0 radical (unpaired) electrons. The van der Waals surface area contributed by atoms with Crippen molar-refractivity contribution < 1.29 is 19.1 Å². The molecule has 0 aromatic carbocycles. The van der Waals surface area contributed by atoms with Crippen molar-refractivity contribution in [1.29, 1.82) is 0 Å². The van der Waals surface area contributed by atoms with Crippen LogP contribution in [0.3, 0.4) is 0 Å². The molecule has 0 bridgehead atoms. The van der Waals surface area contributed by atoms with Crippen molar-refractivity contribution in [2.45, 2.75) is 71.1 Å². The minimum atomic E-state index is -0.555. The van der Waals surface area contributed by atoms with Gasteiger partial charge < -0.3 is 14.3 Å². The lowest BCUT2D eigenvalue weighted by molar-refractivity contribution is -0.112. The van der Waals surface area contributed by atoms with E-state index in [1.165, 1.54) is 0 Å². The summed E-state index contributed by atoms with van der Waals surface area (Å²) in [4.78, 5) is 24.9. The summed E-state index contributed by atoms with van der Waals surface area (Å²) in [6.45, 7) is 8.75. The third-order valence-electron chi connectivity index (χ3n) is 3.26. The highest BCUT2D eigenvalue weighted by Crippen LogP contribution is 2.25. The van der Waals surface area contributed by atoms with Gasteiger partial charge in [0, 0.05) is 6.61 Å². The second-order valence-corrected chi connectivity index (χ2v) is 6.25. The number of likely N-dealkylation sites (tertiary alicyclic amines) is 1. The first-order valence-electron chi connectivity index (χ1n) is 7.43. The van der Waals surface area contributed by atoms with E-state index in [9.17, 15) is 9.59 Å². The van der Waals surface area contributed by atoms with Gasteiger partial charge in [0.1, 0.15) is 11.9 Å². The number of carbonyl (C=O) groups excluding carboxylic acids is 2. The van der Waals surface area contributed by atoms with E-state index in [1.807, 2.05) is 20.8 Å². The van der Waals surface area contributed by atoms with Gasteiger partial charge in [-0.25, -0.2) is 4.79 Å². The van der Waals surface area contributed by atoms with Gasteiger partial charge in [-0.3, -0.25) is 4.90 Å². The van der Waals surface area contributed by atoms with E-state index in [4.69, 9.17) is 9.47 Å². The van der Waals surface area contributed by atoms with Crippen molar-refractivity contribution >= 4 is 12.4 Å². The molecule has 1 fully saturated rings. The summed E-state index contributed by atoms with van der Waals surface area (Å²) in [5.41, 5.74) is -0.555. The summed E-state index contributed by atoms with van der Waals surface area (Å²) < 4.78 is 11.0. The van der Waals surface area contributed by atoms with E-state index in [2.05, 4.69) is 6.92 Å². The van der Waals surface area contributed by atoms with Gasteiger partial charge in [0.25, 0.3) is 0 Å². The molecular weight excluding hydrogens is 258 g/mol. The molecule has 1 amide bonds. The number of ether oxygens (including phenoxy) is 2. The third-order valence-corrected chi connectivity index (χ3v) is 3.26. The minimum absolute atomic E-state index is 0.0584. The lowest BCUT2D eigenvalue weighted by Gasteiger charge is -2.30. The lowest BCUT2D eigenvalue weighted by atomic mass is 10.2. The summed E-state index contributed by atoms with van der Waals surface area (Å²) in [7, 11) is 0. The number of rotatable bonds is 6. The molecule has 1 aliphatic rings. The molecular formula is C15H27NO4. The fourth-order valence-electron chi connectivity index (χ4n) is 2.27.